The number of nitrogens with zero attached hydrogens (tertiary/aromatic N) is 1. The molecule has 0 bridgehead atoms. The third kappa shape index (κ3) is 2.81. The minimum atomic E-state index is -0.942. The standard InChI is InChI=1S/C13H11NO3/c1-9-2-7-12(17-9)8-14-11-5-3-10(4-6-11)13(15)16/h2-8H,1H3,(H,15,16). The molecular weight excluding hydrogens is 218 g/mol. The normalized spacial score (nSPS) is 10.9. The van der Waals surface area contributed by atoms with E-state index >= 15 is 0 Å². The third-order valence-corrected chi connectivity index (χ3v) is 2.22. The van der Waals surface area contributed by atoms with Gasteiger partial charge in [0.1, 0.15) is 11.5 Å². The maximum absolute atomic E-state index is 10.6. The summed E-state index contributed by atoms with van der Waals surface area (Å²) in [5.74, 6) is 0.555. The SMILES string of the molecule is Cc1ccc(C=Nc2ccc(C(=O)O)cc2)o1. The fourth-order valence-electron chi connectivity index (χ4n) is 1.35. The maximum atomic E-state index is 10.6. The summed E-state index contributed by atoms with van der Waals surface area (Å²) in [5.41, 5.74) is 0.932. The molecule has 0 amide bonds. The molecule has 86 valence electrons. The van der Waals surface area contributed by atoms with Gasteiger partial charge >= 0.3 is 5.97 Å². The average molecular weight is 229 g/mol. The number of hydrogen-bond donors (Lipinski definition) is 1. The van der Waals surface area contributed by atoms with E-state index in [-0.39, 0.29) is 5.56 Å². The maximum Gasteiger partial charge on any atom is 0.335 e. The Morgan fingerprint density at radius 2 is 1.94 bits per heavy atom. The van der Waals surface area contributed by atoms with Gasteiger partial charge in [0, 0.05) is 0 Å². The van der Waals surface area contributed by atoms with Crippen LogP contribution >= 0.6 is 0 Å². The Kier molecular flexibility index (Phi) is 3.05. The molecular formula is C13H11NO3. The van der Waals surface area contributed by atoms with Crippen molar-refractivity contribution in [2.24, 2.45) is 4.99 Å². The first-order valence-electron chi connectivity index (χ1n) is 5.09. The van der Waals surface area contributed by atoms with Crippen LogP contribution in [0.2, 0.25) is 0 Å². The van der Waals surface area contributed by atoms with Crippen LogP contribution in [0.3, 0.4) is 0 Å². The Hall–Kier alpha value is -2.36. The first-order valence-corrected chi connectivity index (χ1v) is 5.09. The van der Waals surface area contributed by atoms with E-state index in [0.717, 1.165) is 5.76 Å². The Labute approximate surface area is 98.2 Å². The van der Waals surface area contributed by atoms with Crippen LogP contribution in [0.1, 0.15) is 21.9 Å². The largest absolute Gasteiger partial charge is 0.478 e. The number of hydrogen-bond acceptors (Lipinski definition) is 3. The van der Waals surface area contributed by atoms with Crippen LogP contribution in [-0.2, 0) is 0 Å². The van der Waals surface area contributed by atoms with Crippen molar-refractivity contribution in [3.8, 4) is 0 Å². The number of carbonyl (C=O) groups is 1. The number of furan rings is 1. The van der Waals surface area contributed by atoms with Crippen LogP contribution in [0.15, 0.2) is 45.8 Å². The van der Waals surface area contributed by atoms with Gasteiger partial charge < -0.3 is 9.52 Å². The molecule has 0 atom stereocenters. The van der Waals surface area contributed by atoms with Crippen molar-refractivity contribution >= 4 is 17.9 Å². The van der Waals surface area contributed by atoms with Crippen LogP contribution in [0.25, 0.3) is 0 Å². The molecule has 4 nitrogen and oxygen atoms in total. The Morgan fingerprint density at radius 3 is 2.47 bits per heavy atom. The molecule has 0 aliphatic carbocycles. The van der Waals surface area contributed by atoms with Gasteiger partial charge in [0.15, 0.2) is 0 Å². The van der Waals surface area contributed by atoms with Crippen molar-refractivity contribution in [1.82, 2.24) is 0 Å². The van der Waals surface area contributed by atoms with E-state index in [1.165, 1.54) is 12.1 Å². The summed E-state index contributed by atoms with van der Waals surface area (Å²) in [5, 5.41) is 8.73. The lowest BCUT2D eigenvalue weighted by molar-refractivity contribution is 0.0697. The molecule has 2 rings (SSSR count). The second kappa shape index (κ2) is 4.65. The van der Waals surface area contributed by atoms with Gasteiger partial charge in [0.2, 0.25) is 0 Å². The van der Waals surface area contributed by atoms with Gasteiger partial charge in [-0.15, -0.1) is 0 Å². The highest BCUT2D eigenvalue weighted by molar-refractivity contribution is 5.88. The zero-order chi connectivity index (χ0) is 12.3. The predicted molar refractivity (Wildman–Crippen MR) is 64.1 cm³/mol. The van der Waals surface area contributed by atoms with E-state index in [4.69, 9.17) is 9.52 Å². The van der Waals surface area contributed by atoms with E-state index < -0.39 is 5.97 Å². The van der Waals surface area contributed by atoms with Gasteiger partial charge in [0.05, 0.1) is 17.5 Å². The van der Waals surface area contributed by atoms with Crippen molar-refractivity contribution < 1.29 is 14.3 Å². The van der Waals surface area contributed by atoms with Crippen molar-refractivity contribution in [3.63, 3.8) is 0 Å². The van der Waals surface area contributed by atoms with Gasteiger partial charge in [-0.2, -0.15) is 0 Å². The minimum absolute atomic E-state index is 0.248. The highest BCUT2D eigenvalue weighted by atomic mass is 16.4. The molecule has 0 saturated heterocycles. The van der Waals surface area contributed by atoms with Gasteiger partial charge in [-0.1, -0.05) is 0 Å². The van der Waals surface area contributed by atoms with Gasteiger partial charge in [-0.25, -0.2) is 4.79 Å². The topological polar surface area (TPSA) is 62.8 Å². The summed E-state index contributed by atoms with van der Waals surface area (Å²) in [6, 6.07) is 10.0. The molecule has 0 unspecified atom stereocenters. The molecule has 1 aromatic heterocycles. The van der Waals surface area contributed by atoms with Crippen molar-refractivity contribution in [2.45, 2.75) is 6.92 Å². The molecule has 1 heterocycles. The second-order valence-electron chi connectivity index (χ2n) is 3.56. The fourth-order valence-corrected chi connectivity index (χ4v) is 1.35. The van der Waals surface area contributed by atoms with Crippen LogP contribution in [-0.4, -0.2) is 17.3 Å². The third-order valence-electron chi connectivity index (χ3n) is 2.22. The van der Waals surface area contributed by atoms with Crippen LogP contribution in [0.4, 0.5) is 5.69 Å². The molecule has 0 radical (unpaired) electrons. The molecule has 0 aliphatic heterocycles. The van der Waals surface area contributed by atoms with Gasteiger partial charge in [-0.05, 0) is 43.3 Å². The molecule has 1 aromatic carbocycles. The minimum Gasteiger partial charge on any atom is -0.478 e. The Bertz CT molecular complexity index is 552. The molecule has 1 N–H and O–H groups in total. The van der Waals surface area contributed by atoms with Gasteiger partial charge in [-0.3, -0.25) is 4.99 Å². The molecule has 0 saturated carbocycles. The summed E-state index contributed by atoms with van der Waals surface area (Å²) in [7, 11) is 0. The number of aromatic carboxylic acids is 1. The van der Waals surface area contributed by atoms with Crippen LogP contribution in [0.5, 0.6) is 0 Å². The van der Waals surface area contributed by atoms with E-state index in [2.05, 4.69) is 4.99 Å². The quantitative estimate of drug-likeness (QED) is 0.823. The van der Waals surface area contributed by atoms with Crippen LogP contribution in [0, 0.1) is 6.92 Å². The molecule has 4 heteroatoms. The first kappa shape index (κ1) is 11.1. The first-order chi connectivity index (χ1) is 8.15. The lowest BCUT2D eigenvalue weighted by atomic mass is 10.2. The Balaban J connectivity index is 2.13. The lowest BCUT2D eigenvalue weighted by Gasteiger charge is -1.95. The second-order valence-corrected chi connectivity index (χ2v) is 3.56. The zero-order valence-electron chi connectivity index (χ0n) is 9.25. The molecule has 0 aliphatic rings. The highest BCUT2D eigenvalue weighted by Crippen LogP contribution is 2.13. The summed E-state index contributed by atoms with van der Waals surface area (Å²) >= 11 is 0. The number of aliphatic imine (C=N–C) groups is 1. The summed E-state index contributed by atoms with van der Waals surface area (Å²) in [6.45, 7) is 1.86. The smallest absolute Gasteiger partial charge is 0.335 e. The van der Waals surface area contributed by atoms with E-state index in [9.17, 15) is 4.79 Å². The number of rotatable bonds is 3. The van der Waals surface area contributed by atoms with E-state index in [0.29, 0.717) is 11.4 Å². The van der Waals surface area contributed by atoms with Crippen LogP contribution < -0.4 is 0 Å². The number of carboxylic acid groups (broad SMARTS) is 1. The lowest BCUT2D eigenvalue weighted by Crippen LogP contribution is -1.94. The summed E-state index contributed by atoms with van der Waals surface area (Å²) < 4.78 is 5.32. The number of benzene rings is 1. The summed E-state index contributed by atoms with van der Waals surface area (Å²) in [4.78, 5) is 14.8. The Morgan fingerprint density at radius 1 is 1.24 bits per heavy atom. The fraction of sp³-hybridized carbons (Fsp3) is 0.0769. The number of aryl methyl sites for hydroxylation is 1. The van der Waals surface area contributed by atoms with Gasteiger partial charge in [0.25, 0.3) is 0 Å². The molecule has 0 fully saturated rings. The monoisotopic (exact) mass is 229 g/mol. The number of carboxylic acids is 1. The molecule has 0 spiro atoms. The highest BCUT2D eigenvalue weighted by Gasteiger charge is 2.00. The predicted octanol–water partition coefficient (Wildman–Crippen LogP) is 3.04. The van der Waals surface area contributed by atoms with E-state index in [1.807, 2.05) is 19.1 Å². The van der Waals surface area contributed by atoms with Crippen molar-refractivity contribution in [3.05, 3.63) is 53.5 Å². The molecule has 17 heavy (non-hydrogen) atoms. The average Bonchev–Trinajstić information content (AvgIpc) is 2.73. The van der Waals surface area contributed by atoms with Crippen molar-refractivity contribution in [1.29, 1.82) is 0 Å². The zero-order valence-corrected chi connectivity index (χ0v) is 9.25. The molecule has 2 aromatic rings. The van der Waals surface area contributed by atoms with E-state index in [1.54, 1.807) is 18.3 Å². The van der Waals surface area contributed by atoms with Crippen molar-refractivity contribution in [2.75, 3.05) is 0 Å². The summed E-state index contributed by atoms with van der Waals surface area (Å²) in [6.07, 6.45) is 1.60.